The second-order valence-corrected chi connectivity index (χ2v) is 8.96. The van der Waals surface area contributed by atoms with Gasteiger partial charge in [-0.25, -0.2) is 17.7 Å². The molecule has 0 spiro atoms. The van der Waals surface area contributed by atoms with E-state index < -0.39 is 10.0 Å². The second-order valence-electron chi connectivity index (χ2n) is 6.39. The molecular formula is C20H20N4O4S2. The number of aromatic nitrogens is 3. The molecular weight excluding hydrogens is 424 g/mol. The highest BCUT2D eigenvalue weighted by Gasteiger charge is 2.20. The number of hydrogen-bond donors (Lipinski definition) is 1. The van der Waals surface area contributed by atoms with Crippen LogP contribution in [0.3, 0.4) is 0 Å². The Morgan fingerprint density at radius 1 is 1.10 bits per heavy atom. The van der Waals surface area contributed by atoms with Crippen LogP contribution in [0, 0.1) is 0 Å². The molecule has 0 aliphatic rings. The number of methoxy groups -OCH3 is 2. The van der Waals surface area contributed by atoms with Crippen molar-refractivity contribution in [3.05, 3.63) is 59.6 Å². The van der Waals surface area contributed by atoms with Gasteiger partial charge < -0.3 is 9.47 Å². The molecule has 0 aliphatic heterocycles. The third-order valence-corrected chi connectivity index (χ3v) is 6.86. The molecule has 0 saturated carbocycles. The summed E-state index contributed by atoms with van der Waals surface area (Å²) in [6, 6.07) is 14.4. The fourth-order valence-corrected chi connectivity index (χ4v) is 5.06. The van der Waals surface area contributed by atoms with Gasteiger partial charge >= 0.3 is 0 Å². The first-order valence-corrected chi connectivity index (χ1v) is 11.5. The monoisotopic (exact) mass is 444 g/mol. The summed E-state index contributed by atoms with van der Waals surface area (Å²) in [4.78, 5) is 5.35. The first-order chi connectivity index (χ1) is 14.5. The van der Waals surface area contributed by atoms with Gasteiger partial charge in [0.25, 0.3) is 0 Å². The molecule has 4 rings (SSSR count). The van der Waals surface area contributed by atoms with Crippen molar-refractivity contribution in [2.24, 2.45) is 0 Å². The van der Waals surface area contributed by atoms with Crippen LogP contribution >= 0.6 is 11.3 Å². The van der Waals surface area contributed by atoms with Gasteiger partial charge in [0.05, 0.1) is 19.9 Å². The molecule has 0 atom stereocenters. The van der Waals surface area contributed by atoms with Gasteiger partial charge in [-0.1, -0.05) is 30.3 Å². The Hall–Kier alpha value is -2.95. The van der Waals surface area contributed by atoms with Crippen LogP contribution in [0.25, 0.3) is 16.3 Å². The summed E-state index contributed by atoms with van der Waals surface area (Å²) in [5, 5.41) is 6.50. The Bertz CT molecular complexity index is 1270. The van der Waals surface area contributed by atoms with Gasteiger partial charge in [-0.2, -0.15) is 4.98 Å². The van der Waals surface area contributed by atoms with Crippen LogP contribution in [0.4, 0.5) is 0 Å². The zero-order valence-electron chi connectivity index (χ0n) is 16.4. The lowest BCUT2D eigenvalue weighted by Crippen LogP contribution is -2.26. The number of thiazole rings is 1. The summed E-state index contributed by atoms with van der Waals surface area (Å²) >= 11 is 1.47. The van der Waals surface area contributed by atoms with Crippen LogP contribution in [-0.4, -0.2) is 43.8 Å². The van der Waals surface area contributed by atoms with E-state index in [4.69, 9.17) is 9.47 Å². The Balaban J connectivity index is 1.50. The van der Waals surface area contributed by atoms with Crippen molar-refractivity contribution in [1.29, 1.82) is 0 Å². The highest BCUT2D eigenvalue weighted by atomic mass is 32.2. The van der Waals surface area contributed by atoms with Crippen LogP contribution in [0.1, 0.15) is 5.69 Å². The summed E-state index contributed by atoms with van der Waals surface area (Å²) in [5.74, 6) is 1.34. The molecule has 156 valence electrons. The molecule has 0 aliphatic carbocycles. The number of sulfonamides is 1. The number of rotatable bonds is 8. The minimum absolute atomic E-state index is 0.0342. The molecule has 8 nitrogen and oxygen atoms in total. The van der Waals surface area contributed by atoms with Crippen LogP contribution < -0.4 is 14.2 Å². The SMILES string of the molecule is COc1ccc(OC)c(S(=O)(=O)NCCc2csc3nc(-c4ccccc4)nn23)c1. The fourth-order valence-electron chi connectivity index (χ4n) is 2.99. The van der Waals surface area contributed by atoms with Crippen molar-refractivity contribution < 1.29 is 17.9 Å². The summed E-state index contributed by atoms with van der Waals surface area (Å²) < 4.78 is 40.3. The largest absolute Gasteiger partial charge is 0.497 e. The van der Waals surface area contributed by atoms with E-state index >= 15 is 0 Å². The van der Waals surface area contributed by atoms with E-state index in [1.807, 2.05) is 35.7 Å². The quantitative estimate of drug-likeness (QED) is 0.449. The summed E-state index contributed by atoms with van der Waals surface area (Å²) in [5.41, 5.74) is 1.81. The molecule has 0 saturated heterocycles. The average molecular weight is 445 g/mol. The van der Waals surface area contributed by atoms with Crippen molar-refractivity contribution >= 4 is 26.3 Å². The number of nitrogens with one attached hydrogen (secondary N) is 1. The predicted octanol–water partition coefficient (Wildman–Crippen LogP) is 3.00. The molecule has 0 unspecified atom stereocenters. The number of hydrogen-bond acceptors (Lipinski definition) is 7. The van der Waals surface area contributed by atoms with Gasteiger partial charge in [-0.05, 0) is 12.1 Å². The van der Waals surface area contributed by atoms with E-state index in [9.17, 15) is 8.42 Å². The zero-order valence-corrected chi connectivity index (χ0v) is 18.0. The molecule has 0 bridgehead atoms. The van der Waals surface area contributed by atoms with Gasteiger partial charge in [0.15, 0.2) is 5.82 Å². The molecule has 2 aromatic heterocycles. The third kappa shape index (κ3) is 4.02. The summed E-state index contributed by atoms with van der Waals surface area (Å²) in [6.45, 7) is 0.203. The highest BCUT2D eigenvalue weighted by Crippen LogP contribution is 2.28. The van der Waals surface area contributed by atoms with Crippen LogP contribution in [0.2, 0.25) is 0 Å². The van der Waals surface area contributed by atoms with Gasteiger partial charge in [-0.3, -0.25) is 0 Å². The molecule has 30 heavy (non-hydrogen) atoms. The van der Waals surface area contributed by atoms with Crippen molar-refractivity contribution in [3.8, 4) is 22.9 Å². The lowest BCUT2D eigenvalue weighted by molar-refractivity contribution is 0.392. The number of benzene rings is 2. The Morgan fingerprint density at radius 3 is 2.63 bits per heavy atom. The summed E-state index contributed by atoms with van der Waals surface area (Å²) in [6.07, 6.45) is 0.461. The normalized spacial score (nSPS) is 11.7. The number of nitrogens with zero attached hydrogens (tertiary/aromatic N) is 3. The molecule has 2 heterocycles. The first-order valence-electron chi connectivity index (χ1n) is 9.12. The second kappa shape index (κ2) is 8.42. The van der Waals surface area contributed by atoms with E-state index in [0.717, 1.165) is 16.2 Å². The van der Waals surface area contributed by atoms with E-state index in [2.05, 4.69) is 14.8 Å². The maximum Gasteiger partial charge on any atom is 0.244 e. The number of fused-ring (bicyclic) bond motifs is 1. The maximum absolute atomic E-state index is 12.8. The topological polar surface area (TPSA) is 94.8 Å². The molecule has 10 heteroatoms. The maximum atomic E-state index is 12.8. The lowest BCUT2D eigenvalue weighted by atomic mass is 10.2. The predicted molar refractivity (Wildman–Crippen MR) is 115 cm³/mol. The molecule has 0 fully saturated rings. The minimum Gasteiger partial charge on any atom is -0.497 e. The van der Waals surface area contributed by atoms with E-state index in [0.29, 0.717) is 18.0 Å². The third-order valence-electron chi connectivity index (χ3n) is 4.52. The molecule has 1 N–H and O–H groups in total. The molecule has 0 radical (unpaired) electrons. The average Bonchev–Trinajstić information content (AvgIpc) is 3.35. The van der Waals surface area contributed by atoms with Crippen molar-refractivity contribution in [2.45, 2.75) is 11.3 Å². The van der Waals surface area contributed by atoms with Crippen molar-refractivity contribution in [2.75, 3.05) is 20.8 Å². The van der Waals surface area contributed by atoms with Gasteiger partial charge in [0.2, 0.25) is 15.0 Å². The molecule has 2 aromatic carbocycles. The first kappa shape index (κ1) is 20.3. The Kier molecular flexibility index (Phi) is 5.71. The Morgan fingerprint density at radius 2 is 1.90 bits per heavy atom. The van der Waals surface area contributed by atoms with Gasteiger partial charge in [0.1, 0.15) is 16.4 Å². The van der Waals surface area contributed by atoms with Crippen molar-refractivity contribution in [3.63, 3.8) is 0 Å². The zero-order chi connectivity index (χ0) is 21.1. The standard InChI is InChI=1S/C20H20N4O4S2/c1-27-16-8-9-17(28-2)18(12-16)30(25,26)21-11-10-15-13-29-20-22-19(23-24(15)20)14-6-4-3-5-7-14/h3-9,12-13,21H,10-11H2,1-2H3. The highest BCUT2D eigenvalue weighted by molar-refractivity contribution is 7.89. The minimum atomic E-state index is -3.78. The smallest absolute Gasteiger partial charge is 0.244 e. The lowest BCUT2D eigenvalue weighted by Gasteiger charge is -2.12. The van der Waals surface area contributed by atoms with Crippen LogP contribution in [0.5, 0.6) is 11.5 Å². The van der Waals surface area contributed by atoms with E-state index in [1.165, 1.54) is 31.6 Å². The van der Waals surface area contributed by atoms with Crippen LogP contribution in [-0.2, 0) is 16.4 Å². The Labute approximate surface area is 178 Å². The molecule has 4 aromatic rings. The van der Waals surface area contributed by atoms with Gasteiger partial charge in [-0.15, -0.1) is 16.4 Å². The summed E-state index contributed by atoms with van der Waals surface area (Å²) in [7, 11) is -0.867. The molecule has 0 amide bonds. The van der Waals surface area contributed by atoms with Crippen LogP contribution in [0.15, 0.2) is 58.8 Å². The van der Waals surface area contributed by atoms with Crippen molar-refractivity contribution in [1.82, 2.24) is 19.3 Å². The fraction of sp³-hybridized carbons (Fsp3) is 0.200. The number of ether oxygens (including phenoxy) is 2. The van der Waals surface area contributed by atoms with E-state index in [1.54, 1.807) is 16.6 Å². The van der Waals surface area contributed by atoms with E-state index in [-0.39, 0.29) is 17.2 Å². The van der Waals surface area contributed by atoms with Gasteiger partial charge in [0, 0.05) is 30.0 Å².